The second kappa shape index (κ2) is 9.44. The quantitative estimate of drug-likeness (QED) is 0.443. The van der Waals surface area contributed by atoms with Crippen LogP contribution >= 0.6 is 24.0 Å². The lowest BCUT2D eigenvalue weighted by Crippen LogP contribution is -2.45. The fraction of sp³-hybridized carbons (Fsp3) is 0.667. The van der Waals surface area contributed by atoms with Gasteiger partial charge >= 0.3 is 0 Å². The molecule has 24 heavy (non-hydrogen) atoms. The van der Waals surface area contributed by atoms with Crippen molar-refractivity contribution < 1.29 is 0 Å². The number of nitrogens with zero attached hydrogens (tertiary/aromatic N) is 4. The highest BCUT2D eigenvalue weighted by Crippen LogP contribution is 2.19. The molecule has 5 nitrogen and oxygen atoms in total. The zero-order valence-electron chi connectivity index (χ0n) is 14.9. The summed E-state index contributed by atoms with van der Waals surface area (Å²) >= 11 is 0. The smallest absolute Gasteiger partial charge is 0.193 e. The molecule has 0 bridgehead atoms. The lowest BCUT2D eigenvalue weighted by molar-refractivity contribution is 0.273. The van der Waals surface area contributed by atoms with E-state index in [2.05, 4.69) is 44.1 Å². The molecule has 0 aliphatic carbocycles. The Morgan fingerprint density at radius 3 is 2.62 bits per heavy atom. The van der Waals surface area contributed by atoms with Crippen molar-refractivity contribution in [1.29, 1.82) is 0 Å². The Balaban J connectivity index is 0.00000208. The Morgan fingerprint density at radius 2 is 1.96 bits per heavy atom. The first-order valence-electron chi connectivity index (χ1n) is 8.92. The highest BCUT2D eigenvalue weighted by molar-refractivity contribution is 14.0. The molecule has 3 rings (SSSR count). The molecule has 2 aliphatic rings. The van der Waals surface area contributed by atoms with E-state index in [1.54, 1.807) is 0 Å². The minimum atomic E-state index is 0. The first-order chi connectivity index (χ1) is 11.3. The average Bonchev–Trinajstić information content (AvgIpc) is 3.12. The molecule has 0 unspecified atom stereocenters. The number of anilines is 1. The third-order valence-corrected chi connectivity index (χ3v) is 4.99. The molecule has 1 N–H and O–H groups in total. The summed E-state index contributed by atoms with van der Waals surface area (Å²) in [6.45, 7) is 7.63. The molecule has 1 aromatic heterocycles. The van der Waals surface area contributed by atoms with Gasteiger partial charge in [0.2, 0.25) is 0 Å². The van der Waals surface area contributed by atoms with Crippen LogP contribution in [0.1, 0.15) is 38.2 Å². The first-order valence-corrected chi connectivity index (χ1v) is 8.92. The van der Waals surface area contributed by atoms with E-state index in [1.165, 1.54) is 31.2 Å². The second-order valence-electron chi connectivity index (χ2n) is 6.79. The van der Waals surface area contributed by atoms with Gasteiger partial charge in [-0.05, 0) is 49.3 Å². The van der Waals surface area contributed by atoms with Crippen LogP contribution in [0.2, 0.25) is 0 Å². The number of aromatic nitrogens is 1. The van der Waals surface area contributed by atoms with Gasteiger partial charge in [0.15, 0.2) is 5.96 Å². The fourth-order valence-electron chi connectivity index (χ4n) is 3.42. The summed E-state index contributed by atoms with van der Waals surface area (Å²) < 4.78 is 0. The van der Waals surface area contributed by atoms with Crippen molar-refractivity contribution in [2.24, 2.45) is 10.9 Å². The average molecular weight is 443 g/mol. The van der Waals surface area contributed by atoms with E-state index in [4.69, 9.17) is 0 Å². The van der Waals surface area contributed by atoms with Crippen molar-refractivity contribution in [2.75, 3.05) is 38.1 Å². The van der Waals surface area contributed by atoms with Crippen LogP contribution in [0.4, 0.5) is 5.82 Å². The summed E-state index contributed by atoms with van der Waals surface area (Å²) in [5.41, 5.74) is 1.27. The number of halogens is 1. The second-order valence-corrected chi connectivity index (χ2v) is 6.79. The molecule has 134 valence electrons. The van der Waals surface area contributed by atoms with Gasteiger partial charge in [0, 0.05) is 46.0 Å². The molecule has 0 radical (unpaired) electrons. The fourth-order valence-corrected chi connectivity index (χ4v) is 3.42. The lowest BCUT2D eigenvalue weighted by Gasteiger charge is -2.33. The Kier molecular flexibility index (Phi) is 7.58. The van der Waals surface area contributed by atoms with Crippen molar-refractivity contribution in [3.63, 3.8) is 0 Å². The van der Waals surface area contributed by atoms with Crippen molar-refractivity contribution >= 4 is 35.8 Å². The van der Waals surface area contributed by atoms with Gasteiger partial charge < -0.3 is 15.1 Å². The van der Waals surface area contributed by atoms with E-state index in [0.29, 0.717) is 0 Å². The Morgan fingerprint density at radius 1 is 1.25 bits per heavy atom. The largest absolute Gasteiger partial charge is 0.357 e. The number of nitrogens with one attached hydrogen (secondary N) is 1. The summed E-state index contributed by atoms with van der Waals surface area (Å²) in [7, 11) is 1.88. The van der Waals surface area contributed by atoms with Crippen LogP contribution in [0.25, 0.3) is 0 Å². The van der Waals surface area contributed by atoms with Gasteiger partial charge in [-0.25, -0.2) is 4.98 Å². The third-order valence-electron chi connectivity index (χ3n) is 4.99. The molecule has 2 saturated heterocycles. The monoisotopic (exact) mass is 443 g/mol. The van der Waals surface area contributed by atoms with Gasteiger partial charge in [-0.15, -0.1) is 24.0 Å². The topological polar surface area (TPSA) is 43.8 Å². The molecule has 0 aromatic carbocycles. The van der Waals surface area contributed by atoms with Crippen molar-refractivity contribution in [3.05, 3.63) is 23.9 Å². The molecule has 2 aliphatic heterocycles. The van der Waals surface area contributed by atoms with E-state index in [-0.39, 0.29) is 24.0 Å². The predicted octanol–water partition coefficient (Wildman–Crippen LogP) is 3.11. The zero-order chi connectivity index (χ0) is 16.1. The first kappa shape index (κ1) is 19.3. The standard InChI is InChI=1S/C18H29N5.HI/c1-15-6-11-23(12-7-15)18(19-2)21-14-16-5-8-20-17(13-16)22-9-3-4-10-22;/h5,8,13,15H,3-4,6-7,9-12,14H2,1-2H3,(H,19,21);1H. The summed E-state index contributed by atoms with van der Waals surface area (Å²) in [6, 6.07) is 4.31. The molecule has 0 amide bonds. The summed E-state index contributed by atoms with van der Waals surface area (Å²) in [6.07, 6.45) is 7.01. The molecule has 6 heteroatoms. The van der Waals surface area contributed by atoms with E-state index in [0.717, 1.165) is 50.4 Å². The van der Waals surface area contributed by atoms with Crippen LogP contribution in [-0.2, 0) is 6.54 Å². The Bertz CT molecular complexity index is 534. The van der Waals surface area contributed by atoms with Crippen LogP contribution < -0.4 is 10.2 Å². The van der Waals surface area contributed by atoms with Crippen molar-refractivity contribution in [1.82, 2.24) is 15.2 Å². The zero-order valence-corrected chi connectivity index (χ0v) is 17.2. The van der Waals surface area contributed by atoms with E-state index in [1.807, 2.05) is 13.2 Å². The SMILES string of the molecule is CN=C(NCc1ccnc(N2CCCC2)c1)N1CCC(C)CC1.I. The maximum absolute atomic E-state index is 4.52. The number of hydrogen-bond donors (Lipinski definition) is 1. The molecule has 1 aromatic rings. The van der Waals surface area contributed by atoms with Crippen LogP contribution in [0, 0.1) is 5.92 Å². The minimum Gasteiger partial charge on any atom is -0.357 e. The van der Waals surface area contributed by atoms with Crippen LogP contribution in [0.15, 0.2) is 23.3 Å². The van der Waals surface area contributed by atoms with Gasteiger partial charge in [-0.3, -0.25) is 4.99 Å². The van der Waals surface area contributed by atoms with Crippen LogP contribution in [0.3, 0.4) is 0 Å². The normalized spacial score (nSPS) is 19.3. The maximum Gasteiger partial charge on any atom is 0.193 e. The number of piperidine rings is 1. The van der Waals surface area contributed by atoms with Gasteiger partial charge in [0.1, 0.15) is 5.82 Å². The number of pyridine rings is 1. The molecule has 3 heterocycles. The highest BCUT2D eigenvalue weighted by atomic mass is 127. The van der Waals surface area contributed by atoms with E-state index < -0.39 is 0 Å². The molecule has 0 spiro atoms. The molecule has 0 atom stereocenters. The predicted molar refractivity (Wildman–Crippen MR) is 111 cm³/mol. The molecule has 0 saturated carbocycles. The Hall–Kier alpha value is -1.05. The highest BCUT2D eigenvalue weighted by Gasteiger charge is 2.18. The van der Waals surface area contributed by atoms with Crippen LogP contribution in [-0.4, -0.2) is 49.1 Å². The van der Waals surface area contributed by atoms with Gasteiger partial charge in [0.25, 0.3) is 0 Å². The summed E-state index contributed by atoms with van der Waals surface area (Å²) in [5.74, 6) is 2.98. The number of guanidine groups is 1. The van der Waals surface area contributed by atoms with Gasteiger partial charge in [-0.2, -0.15) is 0 Å². The van der Waals surface area contributed by atoms with Gasteiger partial charge in [-0.1, -0.05) is 6.92 Å². The number of rotatable bonds is 3. The lowest BCUT2D eigenvalue weighted by atomic mass is 10.00. The number of hydrogen-bond acceptors (Lipinski definition) is 3. The summed E-state index contributed by atoms with van der Waals surface area (Å²) in [4.78, 5) is 13.7. The van der Waals surface area contributed by atoms with E-state index >= 15 is 0 Å². The van der Waals surface area contributed by atoms with Gasteiger partial charge in [0.05, 0.1) is 0 Å². The number of likely N-dealkylation sites (tertiary alicyclic amines) is 1. The van der Waals surface area contributed by atoms with Crippen molar-refractivity contribution in [3.8, 4) is 0 Å². The van der Waals surface area contributed by atoms with Crippen molar-refractivity contribution in [2.45, 2.75) is 39.2 Å². The number of aliphatic imine (C=N–C) groups is 1. The molecular formula is C18H30IN5. The summed E-state index contributed by atoms with van der Waals surface area (Å²) in [5, 5.41) is 3.52. The van der Waals surface area contributed by atoms with E-state index in [9.17, 15) is 0 Å². The third kappa shape index (κ3) is 4.97. The minimum absolute atomic E-state index is 0. The van der Waals surface area contributed by atoms with Crippen LogP contribution in [0.5, 0.6) is 0 Å². The molecule has 2 fully saturated rings. The molecular weight excluding hydrogens is 413 g/mol. The Labute approximate surface area is 162 Å². The maximum atomic E-state index is 4.52.